The first kappa shape index (κ1) is 28.6. The first-order valence-electron chi connectivity index (χ1n) is 13.0. The Bertz CT molecular complexity index is 415. The molecule has 0 aromatic rings. The van der Waals surface area contributed by atoms with E-state index in [1.165, 1.54) is 83.5 Å². The topological polar surface area (TPSA) is 79.2 Å². The molecule has 5 nitrogen and oxygen atoms in total. The standard InChI is InChI=1S/C26H50O5/c1-2-3-4-5-6-7-8-9-10-11-12-13-14-15-16-17-18-19-20-30-22-24-26(29)25(28)23(27)21-31-24/h15-16,23-29H,2-14,17-22H2,1H3/b16-15+/t23-,24+,25+,26+/m0/s1. The van der Waals surface area contributed by atoms with E-state index in [1.807, 2.05) is 0 Å². The minimum absolute atomic E-state index is 0.0379. The van der Waals surface area contributed by atoms with Gasteiger partial charge in [0.15, 0.2) is 0 Å². The Morgan fingerprint density at radius 2 is 1.23 bits per heavy atom. The average Bonchev–Trinajstić information content (AvgIpc) is 2.77. The largest absolute Gasteiger partial charge is 0.388 e. The van der Waals surface area contributed by atoms with Crippen LogP contribution in [0.4, 0.5) is 0 Å². The van der Waals surface area contributed by atoms with E-state index in [9.17, 15) is 15.3 Å². The molecule has 1 heterocycles. The van der Waals surface area contributed by atoms with Crippen molar-refractivity contribution in [1.29, 1.82) is 0 Å². The van der Waals surface area contributed by atoms with Gasteiger partial charge in [0.1, 0.15) is 24.4 Å². The smallest absolute Gasteiger partial charge is 0.111 e. The fourth-order valence-electron chi connectivity index (χ4n) is 4.02. The molecule has 1 saturated heterocycles. The predicted molar refractivity (Wildman–Crippen MR) is 127 cm³/mol. The van der Waals surface area contributed by atoms with Gasteiger partial charge in [0.05, 0.1) is 13.2 Å². The van der Waals surface area contributed by atoms with Gasteiger partial charge < -0.3 is 24.8 Å². The van der Waals surface area contributed by atoms with Gasteiger partial charge in [0, 0.05) is 6.61 Å². The Morgan fingerprint density at radius 1 is 0.710 bits per heavy atom. The van der Waals surface area contributed by atoms with Crippen LogP contribution in [0.1, 0.15) is 110 Å². The van der Waals surface area contributed by atoms with Crippen LogP contribution in [0.15, 0.2) is 12.2 Å². The van der Waals surface area contributed by atoms with E-state index < -0.39 is 24.4 Å². The third kappa shape index (κ3) is 15.1. The lowest BCUT2D eigenvalue weighted by molar-refractivity contribution is -0.199. The molecule has 5 heteroatoms. The van der Waals surface area contributed by atoms with Gasteiger partial charge in [-0.15, -0.1) is 0 Å². The molecule has 1 fully saturated rings. The number of ether oxygens (including phenoxy) is 2. The normalized spacial score (nSPS) is 24.3. The summed E-state index contributed by atoms with van der Waals surface area (Å²) in [5.41, 5.74) is 0. The van der Waals surface area contributed by atoms with Crippen LogP contribution in [-0.4, -0.2) is 59.6 Å². The van der Waals surface area contributed by atoms with Crippen molar-refractivity contribution < 1.29 is 24.8 Å². The average molecular weight is 443 g/mol. The van der Waals surface area contributed by atoms with Crippen molar-refractivity contribution in [3.05, 3.63) is 12.2 Å². The van der Waals surface area contributed by atoms with Crippen LogP contribution < -0.4 is 0 Å². The predicted octanol–water partition coefficient (Wildman–Crippen LogP) is 5.30. The molecule has 0 unspecified atom stereocenters. The lowest BCUT2D eigenvalue weighted by Crippen LogP contribution is -2.54. The summed E-state index contributed by atoms with van der Waals surface area (Å²) in [4.78, 5) is 0. The van der Waals surface area contributed by atoms with Gasteiger partial charge in [-0.3, -0.25) is 0 Å². The van der Waals surface area contributed by atoms with Gasteiger partial charge in [-0.05, 0) is 32.1 Å². The molecule has 0 saturated carbocycles. The van der Waals surface area contributed by atoms with Crippen molar-refractivity contribution in [3.8, 4) is 0 Å². The summed E-state index contributed by atoms with van der Waals surface area (Å²) in [5.74, 6) is 0. The van der Waals surface area contributed by atoms with E-state index in [2.05, 4.69) is 19.1 Å². The summed E-state index contributed by atoms with van der Waals surface area (Å²) in [6.07, 6.45) is 21.9. The maximum absolute atomic E-state index is 9.84. The minimum Gasteiger partial charge on any atom is -0.388 e. The Labute approximate surface area is 191 Å². The molecule has 1 aliphatic rings. The van der Waals surface area contributed by atoms with Gasteiger partial charge in [-0.25, -0.2) is 0 Å². The monoisotopic (exact) mass is 442 g/mol. The second-order valence-electron chi connectivity index (χ2n) is 9.14. The van der Waals surface area contributed by atoms with Gasteiger partial charge >= 0.3 is 0 Å². The highest BCUT2D eigenvalue weighted by molar-refractivity contribution is 4.86. The first-order chi connectivity index (χ1) is 15.2. The molecule has 0 aromatic carbocycles. The maximum Gasteiger partial charge on any atom is 0.111 e. The molecule has 0 radical (unpaired) electrons. The van der Waals surface area contributed by atoms with E-state index in [0.717, 1.165) is 19.3 Å². The van der Waals surface area contributed by atoms with Crippen molar-refractivity contribution in [2.24, 2.45) is 0 Å². The van der Waals surface area contributed by atoms with Crippen LogP contribution in [0.2, 0.25) is 0 Å². The Balaban J connectivity index is 1.78. The van der Waals surface area contributed by atoms with Crippen molar-refractivity contribution >= 4 is 0 Å². The molecule has 0 spiro atoms. The molecular formula is C26H50O5. The van der Waals surface area contributed by atoms with Gasteiger partial charge in [-0.1, -0.05) is 89.7 Å². The Morgan fingerprint density at radius 3 is 1.81 bits per heavy atom. The fraction of sp³-hybridized carbons (Fsp3) is 0.923. The number of aliphatic hydroxyl groups is 3. The van der Waals surface area contributed by atoms with Gasteiger partial charge in [0.2, 0.25) is 0 Å². The van der Waals surface area contributed by atoms with Gasteiger partial charge in [0.25, 0.3) is 0 Å². The minimum atomic E-state index is -1.16. The van der Waals surface area contributed by atoms with Crippen LogP contribution in [0.25, 0.3) is 0 Å². The van der Waals surface area contributed by atoms with E-state index in [1.54, 1.807) is 0 Å². The highest BCUT2D eigenvalue weighted by Crippen LogP contribution is 2.16. The van der Waals surface area contributed by atoms with Crippen molar-refractivity contribution in [2.75, 3.05) is 19.8 Å². The molecular weight excluding hydrogens is 392 g/mol. The van der Waals surface area contributed by atoms with Crippen LogP contribution >= 0.6 is 0 Å². The van der Waals surface area contributed by atoms with Crippen molar-refractivity contribution in [1.82, 2.24) is 0 Å². The summed E-state index contributed by atoms with van der Waals surface area (Å²) >= 11 is 0. The van der Waals surface area contributed by atoms with E-state index in [0.29, 0.717) is 6.61 Å². The second kappa shape index (κ2) is 20.2. The molecule has 31 heavy (non-hydrogen) atoms. The molecule has 0 amide bonds. The zero-order valence-corrected chi connectivity index (χ0v) is 20.1. The Hall–Kier alpha value is -0.460. The number of rotatable bonds is 20. The molecule has 184 valence electrons. The number of allylic oxidation sites excluding steroid dienone is 2. The molecule has 0 bridgehead atoms. The zero-order chi connectivity index (χ0) is 22.6. The maximum atomic E-state index is 9.84. The lowest BCUT2D eigenvalue weighted by atomic mass is 10.0. The number of unbranched alkanes of at least 4 members (excludes halogenated alkanes) is 14. The molecule has 1 aliphatic heterocycles. The molecule has 4 atom stereocenters. The molecule has 0 aromatic heterocycles. The van der Waals surface area contributed by atoms with Gasteiger partial charge in [-0.2, -0.15) is 0 Å². The van der Waals surface area contributed by atoms with Crippen LogP contribution in [-0.2, 0) is 9.47 Å². The zero-order valence-electron chi connectivity index (χ0n) is 20.1. The summed E-state index contributed by atoms with van der Waals surface area (Å²) in [7, 11) is 0. The summed E-state index contributed by atoms with van der Waals surface area (Å²) < 4.78 is 10.9. The molecule has 0 aliphatic carbocycles. The van der Waals surface area contributed by atoms with Crippen molar-refractivity contribution in [2.45, 2.75) is 134 Å². The quantitative estimate of drug-likeness (QED) is 0.176. The third-order valence-corrected chi connectivity index (χ3v) is 6.19. The van der Waals surface area contributed by atoms with Crippen molar-refractivity contribution in [3.63, 3.8) is 0 Å². The van der Waals surface area contributed by atoms with E-state index >= 15 is 0 Å². The Kier molecular flexibility index (Phi) is 18.6. The fourth-order valence-corrected chi connectivity index (χ4v) is 4.02. The highest BCUT2D eigenvalue weighted by Gasteiger charge is 2.37. The van der Waals surface area contributed by atoms with Crippen LogP contribution in [0, 0.1) is 0 Å². The third-order valence-electron chi connectivity index (χ3n) is 6.19. The summed E-state index contributed by atoms with van der Waals surface area (Å²) in [5, 5.41) is 28.9. The lowest BCUT2D eigenvalue weighted by Gasteiger charge is -2.35. The van der Waals surface area contributed by atoms with E-state index in [4.69, 9.17) is 9.47 Å². The number of hydrogen-bond acceptors (Lipinski definition) is 5. The van der Waals surface area contributed by atoms with E-state index in [-0.39, 0.29) is 13.2 Å². The summed E-state index contributed by atoms with van der Waals surface area (Å²) in [6, 6.07) is 0. The first-order valence-corrected chi connectivity index (χ1v) is 13.0. The summed E-state index contributed by atoms with van der Waals surface area (Å²) in [6.45, 7) is 3.19. The van der Waals surface area contributed by atoms with Crippen LogP contribution in [0.5, 0.6) is 0 Å². The second-order valence-corrected chi connectivity index (χ2v) is 9.14. The SMILES string of the molecule is CCCCCCCCCCCCCC/C=C/CCCCOC[C@H]1OC[C@H](O)[C@@H](O)[C@@H]1O. The highest BCUT2D eigenvalue weighted by atomic mass is 16.6. The number of aliphatic hydroxyl groups excluding tert-OH is 3. The molecule has 3 N–H and O–H groups in total. The number of hydrogen-bond donors (Lipinski definition) is 3. The molecule has 1 rings (SSSR count). The van der Waals surface area contributed by atoms with Crippen LogP contribution in [0.3, 0.4) is 0 Å².